The van der Waals surface area contributed by atoms with E-state index in [2.05, 4.69) is 72.8 Å². The Morgan fingerprint density at radius 2 is 1.77 bits per heavy atom. The summed E-state index contributed by atoms with van der Waals surface area (Å²) in [7, 11) is 0. The van der Waals surface area contributed by atoms with Gasteiger partial charge in [-0.2, -0.15) is 5.10 Å². The molecule has 2 fully saturated rings. The molecule has 202 valence electrons. The molecule has 1 heterocycles. The molecule has 4 aromatic rings. The molecular formula is C34H38FN3O. The highest BCUT2D eigenvalue weighted by molar-refractivity contribution is 5.87. The van der Waals surface area contributed by atoms with E-state index in [0.717, 1.165) is 54.3 Å². The van der Waals surface area contributed by atoms with Gasteiger partial charge in [0.25, 0.3) is 0 Å². The first-order valence-corrected chi connectivity index (χ1v) is 14.6. The Balaban J connectivity index is 1.47. The summed E-state index contributed by atoms with van der Waals surface area (Å²) in [5.74, 6) is 0.840. The standard InChI is InChI=1S/C34H38FN3O/c1-3-23-21-30(23)34(4-2,33(39)37-28-12-8-9-13-28)32(24-10-6-5-7-11-24)25-14-19-31-26(20-25)22-36-38(31)29-17-15-27(35)16-18-29/h5-7,10-11,14-20,22-23,28,30,32H,3-4,8-9,12-13,21H2,1-2H3,(H,37,39). The fraction of sp³-hybridized carbons (Fsp3) is 0.412. The van der Waals surface area contributed by atoms with E-state index in [9.17, 15) is 9.18 Å². The van der Waals surface area contributed by atoms with E-state index in [-0.39, 0.29) is 23.7 Å². The third-order valence-electron chi connectivity index (χ3n) is 9.45. The van der Waals surface area contributed by atoms with Crippen LogP contribution >= 0.6 is 0 Å². The predicted octanol–water partition coefficient (Wildman–Crippen LogP) is 7.80. The van der Waals surface area contributed by atoms with Crippen LogP contribution in [0.4, 0.5) is 4.39 Å². The van der Waals surface area contributed by atoms with E-state index in [4.69, 9.17) is 0 Å². The Labute approximate surface area is 230 Å². The van der Waals surface area contributed by atoms with E-state index >= 15 is 0 Å². The third-order valence-corrected chi connectivity index (χ3v) is 9.45. The summed E-state index contributed by atoms with van der Waals surface area (Å²) >= 11 is 0. The Kier molecular flexibility index (Phi) is 7.01. The second kappa shape index (κ2) is 10.6. The Bertz CT molecular complexity index is 1440. The summed E-state index contributed by atoms with van der Waals surface area (Å²) in [5.41, 5.74) is 3.60. The molecule has 4 unspecified atom stereocenters. The first-order chi connectivity index (χ1) is 19.0. The van der Waals surface area contributed by atoms with Crippen molar-refractivity contribution >= 4 is 16.8 Å². The van der Waals surface area contributed by atoms with Crippen LogP contribution in [0.2, 0.25) is 0 Å². The number of benzene rings is 3. The SMILES string of the molecule is CCC1CC1C(CC)(C(=O)NC1CCCC1)C(c1ccccc1)c1ccc2c(cnn2-c2ccc(F)cc2)c1. The van der Waals surface area contributed by atoms with Gasteiger partial charge in [0.2, 0.25) is 5.91 Å². The molecule has 1 aromatic heterocycles. The largest absolute Gasteiger partial charge is 0.353 e. The smallest absolute Gasteiger partial charge is 0.227 e. The average molecular weight is 524 g/mol. The lowest BCUT2D eigenvalue weighted by molar-refractivity contribution is -0.134. The third kappa shape index (κ3) is 4.66. The van der Waals surface area contributed by atoms with E-state index in [1.165, 1.54) is 30.5 Å². The van der Waals surface area contributed by atoms with Crippen molar-refractivity contribution < 1.29 is 9.18 Å². The quantitative estimate of drug-likeness (QED) is 0.243. The molecule has 2 aliphatic rings. The van der Waals surface area contributed by atoms with Crippen LogP contribution in [0.15, 0.2) is 79.0 Å². The molecule has 2 aliphatic carbocycles. The van der Waals surface area contributed by atoms with Crippen LogP contribution in [0.1, 0.15) is 75.8 Å². The summed E-state index contributed by atoms with van der Waals surface area (Å²) in [4.78, 5) is 14.5. The zero-order valence-corrected chi connectivity index (χ0v) is 22.9. The van der Waals surface area contributed by atoms with Crippen LogP contribution in [0.5, 0.6) is 0 Å². The van der Waals surface area contributed by atoms with Crippen LogP contribution in [0, 0.1) is 23.1 Å². The minimum absolute atomic E-state index is 0.0646. The molecule has 2 saturated carbocycles. The maximum atomic E-state index is 14.5. The molecule has 0 radical (unpaired) electrons. The summed E-state index contributed by atoms with van der Waals surface area (Å²) in [6.07, 6.45) is 9.44. The predicted molar refractivity (Wildman–Crippen MR) is 154 cm³/mol. The lowest BCUT2D eigenvalue weighted by Crippen LogP contribution is -2.49. The van der Waals surface area contributed by atoms with Crippen molar-refractivity contribution in [1.82, 2.24) is 15.1 Å². The maximum Gasteiger partial charge on any atom is 0.227 e. The fourth-order valence-corrected chi connectivity index (χ4v) is 7.31. The van der Waals surface area contributed by atoms with E-state index < -0.39 is 5.41 Å². The summed E-state index contributed by atoms with van der Waals surface area (Å²) in [6.45, 7) is 4.47. The highest BCUT2D eigenvalue weighted by Crippen LogP contribution is 2.61. The zero-order chi connectivity index (χ0) is 27.0. The number of hydrogen-bond donors (Lipinski definition) is 1. The van der Waals surface area contributed by atoms with E-state index in [1.807, 2.05) is 10.9 Å². The topological polar surface area (TPSA) is 46.9 Å². The first-order valence-electron chi connectivity index (χ1n) is 14.6. The van der Waals surface area contributed by atoms with Crippen LogP contribution in [0.25, 0.3) is 16.6 Å². The van der Waals surface area contributed by atoms with Gasteiger partial charge in [-0.1, -0.05) is 69.5 Å². The molecule has 4 atom stereocenters. The maximum absolute atomic E-state index is 14.5. The second-order valence-electron chi connectivity index (χ2n) is 11.6. The van der Waals surface area contributed by atoms with Crippen molar-refractivity contribution in [2.45, 2.75) is 70.8 Å². The monoisotopic (exact) mass is 523 g/mol. The number of nitrogens with zero attached hydrogens (tertiary/aromatic N) is 2. The number of rotatable bonds is 9. The number of carbonyl (C=O) groups excluding carboxylic acids is 1. The van der Waals surface area contributed by atoms with Crippen molar-refractivity contribution in [3.63, 3.8) is 0 Å². The number of carbonyl (C=O) groups is 1. The Morgan fingerprint density at radius 1 is 1.03 bits per heavy atom. The second-order valence-corrected chi connectivity index (χ2v) is 11.6. The van der Waals surface area contributed by atoms with Gasteiger partial charge >= 0.3 is 0 Å². The van der Waals surface area contributed by atoms with Crippen LogP contribution < -0.4 is 5.32 Å². The lowest BCUT2D eigenvalue weighted by atomic mass is 9.62. The van der Waals surface area contributed by atoms with Gasteiger partial charge < -0.3 is 5.32 Å². The van der Waals surface area contributed by atoms with Crippen LogP contribution in [-0.2, 0) is 4.79 Å². The average Bonchev–Trinajstić information content (AvgIpc) is 3.35. The van der Waals surface area contributed by atoms with Gasteiger partial charge in [-0.15, -0.1) is 0 Å². The molecule has 0 bridgehead atoms. The molecule has 4 nitrogen and oxygen atoms in total. The van der Waals surface area contributed by atoms with Gasteiger partial charge in [-0.3, -0.25) is 4.79 Å². The molecule has 5 heteroatoms. The Morgan fingerprint density at radius 3 is 2.44 bits per heavy atom. The normalized spacial score (nSPS) is 21.5. The highest BCUT2D eigenvalue weighted by atomic mass is 19.1. The molecule has 0 saturated heterocycles. The molecule has 1 N–H and O–H groups in total. The summed E-state index contributed by atoms with van der Waals surface area (Å²) in [6, 6.07) is 23.8. The fourth-order valence-electron chi connectivity index (χ4n) is 7.31. The molecule has 39 heavy (non-hydrogen) atoms. The van der Waals surface area contributed by atoms with Crippen LogP contribution in [-0.4, -0.2) is 21.7 Å². The van der Waals surface area contributed by atoms with Crippen molar-refractivity contribution in [2.24, 2.45) is 17.3 Å². The zero-order valence-electron chi connectivity index (χ0n) is 22.9. The molecule has 0 aliphatic heterocycles. The van der Waals surface area contributed by atoms with Crippen molar-refractivity contribution in [1.29, 1.82) is 0 Å². The first kappa shape index (κ1) is 25.8. The van der Waals surface area contributed by atoms with E-state index in [1.54, 1.807) is 12.1 Å². The van der Waals surface area contributed by atoms with Crippen molar-refractivity contribution in [3.8, 4) is 5.69 Å². The summed E-state index contributed by atoms with van der Waals surface area (Å²) in [5, 5.41) is 9.20. The van der Waals surface area contributed by atoms with E-state index in [0.29, 0.717) is 11.8 Å². The van der Waals surface area contributed by atoms with Crippen molar-refractivity contribution in [2.75, 3.05) is 0 Å². The number of hydrogen-bond acceptors (Lipinski definition) is 2. The number of aromatic nitrogens is 2. The van der Waals surface area contributed by atoms with Gasteiger partial charge in [0.05, 0.1) is 22.8 Å². The molecular weight excluding hydrogens is 485 g/mol. The van der Waals surface area contributed by atoms with Gasteiger partial charge in [0, 0.05) is 17.3 Å². The van der Waals surface area contributed by atoms with Gasteiger partial charge in [0.1, 0.15) is 5.82 Å². The van der Waals surface area contributed by atoms with Gasteiger partial charge in [-0.05, 0) is 85.0 Å². The van der Waals surface area contributed by atoms with Gasteiger partial charge in [-0.25, -0.2) is 9.07 Å². The highest BCUT2D eigenvalue weighted by Gasteiger charge is 2.59. The minimum atomic E-state index is -0.523. The Hall–Kier alpha value is -3.47. The van der Waals surface area contributed by atoms with Crippen LogP contribution in [0.3, 0.4) is 0 Å². The molecule has 1 amide bonds. The van der Waals surface area contributed by atoms with Crippen molar-refractivity contribution in [3.05, 3.63) is 95.9 Å². The summed E-state index contributed by atoms with van der Waals surface area (Å²) < 4.78 is 15.4. The number of halogens is 1. The molecule has 3 aromatic carbocycles. The number of nitrogens with one attached hydrogen (secondary N) is 1. The van der Waals surface area contributed by atoms with Gasteiger partial charge in [0.15, 0.2) is 0 Å². The number of fused-ring (bicyclic) bond motifs is 1. The molecule has 6 rings (SSSR count). The molecule has 0 spiro atoms. The number of amides is 1. The lowest BCUT2D eigenvalue weighted by Gasteiger charge is -2.41. The minimum Gasteiger partial charge on any atom is -0.353 e.